The summed E-state index contributed by atoms with van der Waals surface area (Å²) in [5, 5.41) is 0.478. The standard InChI is InChI=1S/C15H24N4O3S/c1-3-18-7-5-6-11(18)9-19-12(16)8-13(20)17-15(19)23-10-14(21)22-4-2/h8,11H,3-7,9-10,16H2,1-2H3. The number of aromatic nitrogens is 2. The second-order valence-corrected chi connectivity index (χ2v) is 6.37. The molecule has 128 valence electrons. The number of thioether (sulfide) groups is 1. The molecule has 2 rings (SSSR count). The Morgan fingerprint density at radius 1 is 1.52 bits per heavy atom. The van der Waals surface area contributed by atoms with Gasteiger partial charge in [-0.2, -0.15) is 4.98 Å². The fourth-order valence-electron chi connectivity index (χ4n) is 2.85. The minimum Gasteiger partial charge on any atom is -0.465 e. The van der Waals surface area contributed by atoms with Gasteiger partial charge in [-0.15, -0.1) is 0 Å². The minimum atomic E-state index is -0.385. The average Bonchev–Trinajstić information content (AvgIpc) is 2.95. The lowest BCUT2D eigenvalue weighted by Gasteiger charge is -2.25. The predicted octanol–water partition coefficient (Wildman–Crippen LogP) is 0.965. The molecule has 0 amide bonds. The van der Waals surface area contributed by atoms with Crippen molar-refractivity contribution in [3.05, 3.63) is 16.4 Å². The topological polar surface area (TPSA) is 90.5 Å². The van der Waals surface area contributed by atoms with E-state index >= 15 is 0 Å². The van der Waals surface area contributed by atoms with Crippen molar-refractivity contribution in [1.29, 1.82) is 0 Å². The summed E-state index contributed by atoms with van der Waals surface area (Å²) in [4.78, 5) is 29.6. The molecule has 1 aliphatic heterocycles. The first-order chi connectivity index (χ1) is 11.0. The van der Waals surface area contributed by atoms with Crippen LogP contribution >= 0.6 is 11.8 Å². The van der Waals surface area contributed by atoms with Gasteiger partial charge in [-0.3, -0.25) is 14.5 Å². The number of carbonyl (C=O) groups is 1. The SMILES string of the molecule is CCOC(=O)CSc1nc(=O)cc(N)n1CC1CCCN1CC. The van der Waals surface area contributed by atoms with Gasteiger partial charge in [0.05, 0.1) is 12.4 Å². The van der Waals surface area contributed by atoms with Crippen LogP contribution in [0.25, 0.3) is 0 Å². The first kappa shape index (κ1) is 17.8. The summed E-state index contributed by atoms with van der Waals surface area (Å²) >= 11 is 1.19. The summed E-state index contributed by atoms with van der Waals surface area (Å²) in [7, 11) is 0. The number of ether oxygens (including phenoxy) is 1. The van der Waals surface area contributed by atoms with E-state index in [4.69, 9.17) is 10.5 Å². The van der Waals surface area contributed by atoms with Crippen LogP contribution in [0.4, 0.5) is 5.82 Å². The number of esters is 1. The summed E-state index contributed by atoms with van der Waals surface area (Å²) in [6.45, 7) is 6.99. The number of nitrogens with two attached hydrogens (primary N) is 1. The molecule has 1 aromatic rings. The van der Waals surface area contributed by atoms with E-state index in [1.807, 2.05) is 4.57 Å². The molecule has 0 aromatic carbocycles. The number of nitrogen functional groups attached to an aromatic ring is 1. The zero-order chi connectivity index (χ0) is 16.8. The molecule has 1 atom stereocenters. The van der Waals surface area contributed by atoms with E-state index in [1.54, 1.807) is 6.92 Å². The highest BCUT2D eigenvalue weighted by Gasteiger charge is 2.25. The maximum absolute atomic E-state index is 11.6. The maximum Gasteiger partial charge on any atom is 0.316 e. The van der Waals surface area contributed by atoms with Gasteiger partial charge in [0, 0.05) is 18.7 Å². The second-order valence-electron chi connectivity index (χ2n) is 5.43. The molecule has 1 aliphatic rings. The van der Waals surface area contributed by atoms with Crippen LogP contribution in [-0.4, -0.2) is 51.9 Å². The lowest BCUT2D eigenvalue weighted by atomic mass is 10.2. The van der Waals surface area contributed by atoms with Gasteiger partial charge in [-0.05, 0) is 32.9 Å². The summed E-state index contributed by atoms with van der Waals surface area (Å²) in [5.74, 6) is 0.183. The fraction of sp³-hybridized carbons (Fsp3) is 0.667. The molecule has 0 saturated carbocycles. The molecule has 1 aromatic heterocycles. The third-order valence-electron chi connectivity index (χ3n) is 3.94. The van der Waals surface area contributed by atoms with Crippen LogP contribution in [0.15, 0.2) is 16.0 Å². The molecule has 0 bridgehead atoms. The Bertz CT molecular complexity index is 605. The number of nitrogens with zero attached hydrogens (tertiary/aromatic N) is 3. The van der Waals surface area contributed by atoms with Gasteiger partial charge in [-0.1, -0.05) is 18.7 Å². The Balaban J connectivity index is 2.16. The van der Waals surface area contributed by atoms with Crippen molar-refractivity contribution >= 4 is 23.5 Å². The monoisotopic (exact) mass is 340 g/mol. The van der Waals surface area contributed by atoms with E-state index in [1.165, 1.54) is 17.8 Å². The minimum absolute atomic E-state index is 0.117. The number of anilines is 1. The molecular formula is C15H24N4O3S. The number of likely N-dealkylation sites (tertiary alicyclic amines) is 1. The van der Waals surface area contributed by atoms with E-state index in [0.29, 0.717) is 30.2 Å². The molecule has 2 N–H and O–H groups in total. The molecule has 1 fully saturated rings. The van der Waals surface area contributed by atoms with E-state index in [-0.39, 0.29) is 17.3 Å². The largest absolute Gasteiger partial charge is 0.465 e. The van der Waals surface area contributed by atoms with Crippen molar-refractivity contribution in [3.8, 4) is 0 Å². The third kappa shape index (κ3) is 4.71. The molecule has 1 saturated heterocycles. The highest BCUT2D eigenvalue weighted by atomic mass is 32.2. The summed E-state index contributed by atoms with van der Waals surface area (Å²) in [6.07, 6.45) is 2.26. The Morgan fingerprint density at radius 3 is 3.00 bits per heavy atom. The fourth-order valence-corrected chi connectivity index (χ4v) is 3.67. The maximum atomic E-state index is 11.6. The van der Waals surface area contributed by atoms with Gasteiger partial charge in [-0.25, -0.2) is 0 Å². The molecule has 0 aliphatic carbocycles. The molecule has 0 spiro atoms. The zero-order valence-electron chi connectivity index (χ0n) is 13.7. The van der Waals surface area contributed by atoms with E-state index < -0.39 is 0 Å². The predicted molar refractivity (Wildman–Crippen MR) is 90.5 cm³/mol. The van der Waals surface area contributed by atoms with Gasteiger partial charge < -0.3 is 15.0 Å². The van der Waals surface area contributed by atoms with Crippen LogP contribution < -0.4 is 11.3 Å². The third-order valence-corrected chi connectivity index (χ3v) is 4.89. The molecule has 23 heavy (non-hydrogen) atoms. The van der Waals surface area contributed by atoms with E-state index in [2.05, 4.69) is 16.8 Å². The van der Waals surface area contributed by atoms with Crippen molar-refractivity contribution < 1.29 is 9.53 Å². The number of hydrogen-bond acceptors (Lipinski definition) is 7. The number of rotatable bonds is 7. The highest BCUT2D eigenvalue weighted by Crippen LogP contribution is 2.23. The second kappa shape index (κ2) is 8.35. The molecule has 7 nitrogen and oxygen atoms in total. The van der Waals surface area contributed by atoms with Crippen molar-refractivity contribution in [2.24, 2.45) is 0 Å². The van der Waals surface area contributed by atoms with Crippen LogP contribution in [0.1, 0.15) is 26.7 Å². The van der Waals surface area contributed by atoms with Gasteiger partial charge in [0.15, 0.2) is 5.16 Å². The van der Waals surface area contributed by atoms with Crippen molar-refractivity contribution in [2.75, 3.05) is 31.2 Å². The zero-order valence-corrected chi connectivity index (χ0v) is 14.5. The van der Waals surface area contributed by atoms with Crippen molar-refractivity contribution in [3.63, 3.8) is 0 Å². The first-order valence-electron chi connectivity index (χ1n) is 7.95. The van der Waals surface area contributed by atoms with Crippen LogP contribution in [0, 0.1) is 0 Å². The lowest BCUT2D eigenvalue weighted by Crippen LogP contribution is -2.34. The quantitative estimate of drug-likeness (QED) is 0.449. The van der Waals surface area contributed by atoms with Gasteiger partial charge in [0.25, 0.3) is 5.56 Å². The average molecular weight is 340 g/mol. The normalized spacial score (nSPS) is 18.3. The Hall–Kier alpha value is -1.54. The van der Waals surface area contributed by atoms with Gasteiger partial charge in [0.2, 0.25) is 0 Å². The van der Waals surface area contributed by atoms with E-state index in [9.17, 15) is 9.59 Å². The Kier molecular flexibility index (Phi) is 6.47. The smallest absolute Gasteiger partial charge is 0.316 e. The lowest BCUT2D eigenvalue weighted by molar-refractivity contribution is -0.139. The molecule has 8 heteroatoms. The highest BCUT2D eigenvalue weighted by molar-refractivity contribution is 7.99. The molecule has 0 radical (unpaired) electrons. The summed E-state index contributed by atoms with van der Waals surface area (Å²) in [5.41, 5.74) is 5.64. The Morgan fingerprint density at radius 2 is 2.30 bits per heavy atom. The van der Waals surface area contributed by atoms with Crippen molar-refractivity contribution in [1.82, 2.24) is 14.5 Å². The van der Waals surface area contributed by atoms with Crippen molar-refractivity contribution in [2.45, 2.75) is 44.4 Å². The number of likely N-dealkylation sites (N-methyl/N-ethyl adjacent to an activating group) is 1. The molecule has 2 heterocycles. The number of carbonyl (C=O) groups excluding carboxylic acids is 1. The number of hydrogen-bond donors (Lipinski definition) is 1. The summed E-state index contributed by atoms with van der Waals surface area (Å²) < 4.78 is 6.75. The van der Waals surface area contributed by atoms with E-state index in [0.717, 1.165) is 25.9 Å². The van der Waals surface area contributed by atoms with Crippen LogP contribution in [0.5, 0.6) is 0 Å². The van der Waals surface area contributed by atoms with Crippen LogP contribution in [0.3, 0.4) is 0 Å². The molecular weight excluding hydrogens is 316 g/mol. The summed E-state index contributed by atoms with van der Waals surface area (Å²) in [6, 6.07) is 1.72. The Labute approximate surface area is 140 Å². The van der Waals surface area contributed by atoms with Gasteiger partial charge >= 0.3 is 5.97 Å². The van der Waals surface area contributed by atoms with Crippen LogP contribution in [0.2, 0.25) is 0 Å². The first-order valence-corrected chi connectivity index (χ1v) is 8.93. The van der Waals surface area contributed by atoms with Crippen LogP contribution in [-0.2, 0) is 16.1 Å². The van der Waals surface area contributed by atoms with Gasteiger partial charge in [0.1, 0.15) is 5.82 Å². The molecule has 1 unspecified atom stereocenters.